The molecule has 31 nitrogen and oxygen atoms in total. The Morgan fingerprint density at radius 3 is 2.08 bits per heavy atom. The van der Waals surface area contributed by atoms with Crippen LogP contribution in [0.5, 0.6) is 11.5 Å². The highest BCUT2D eigenvalue weighted by molar-refractivity contribution is 6.39. The lowest BCUT2D eigenvalue weighted by Crippen LogP contribution is -2.61. The first-order valence-corrected chi connectivity index (χ1v) is 51.3. The molecule has 31 heteroatoms. The van der Waals surface area contributed by atoms with Gasteiger partial charge in [0.15, 0.2) is 18.1 Å². The Hall–Kier alpha value is -10.3. The van der Waals surface area contributed by atoms with E-state index in [4.69, 9.17) is 54.1 Å². The summed E-state index contributed by atoms with van der Waals surface area (Å²) in [6.07, 6.45) is 20.4. The van der Waals surface area contributed by atoms with Crippen LogP contribution in [0.4, 0.5) is 11.8 Å². The number of ketones is 5. The van der Waals surface area contributed by atoms with Crippen LogP contribution in [-0.2, 0) is 105 Å². The van der Waals surface area contributed by atoms with Gasteiger partial charge in [0.25, 0.3) is 23.5 Å². The number of aliphatic hydroxyl groups excluding tert-OH is 2. The number of anilines is 2. The number of amides is 4. The molecule has 4 amide bonds. The normalized spacial score (nSPS) is 25.4. The molecule has 142 heavy (non-hydrogen) atoms. The zero-order valence-corrected chi connectivity index (χ0v) is 87.2. The lowest BCUT2D eigenvalue weighted by molar-refractivity contribution is -0.265. The number of esters is 2. The van der Waals surface area contributed by atoms with Gasteiger partial charge >= 0.3 is 11.9 Å². The summed E-state index contributed by atoms with van der Waals surface area (Å²) >= 11 is 0. The summed E-state index contributed by atoms with van der Waals surface area (Å²) in [6.45, 7) is 31.5. The fourth-order valence-electron chi connectivity index (χ4n) is 19.1. The maximum Gasteiger partial charge on any atom is 0.329 e. The molecule has 4 aliphatic heterocycles. The SMILES string of the molecule is CCC(C)(C)C(=O)C(=O)N1CCCCC1C(=O)O[C@H](CCc1ccc(C)c(C)c1)c1cccc(CC(=O)CCC(=O)NCCCOCCOCCOCCCNC(=O)COc2c(C)cc(Cc3cnc(N)nc3N)cc2OC)c1.CO[C@H]1C[C@@H]2CC[C@@H](C)[C@@](O)(O2)C(=O)C(=O)N2CCCC[C@H]2C(=O)O[C@H]([C@H](C)C[C@@H]2CC[C@@H](O)[C@H](C)C2)CC(=O)[C@H](C)/C=C(\C)[C@@H](O)[C@@H](C)C(=O)[C@H](C)C[C@H](C)/C=C/C=CC=C1C. The van der Waals surface area contributed by atoms with E-state index in [1.807, 2.05) is 115 Å². The molecule has 17 atom stereocenters. The molecule has 5 aliphatic rings. The minimum atomic E-state index is -2.41. The number of Topliss-reactive ketones (excluding diaryl/α,β-unsaturated/α-hetero) is 5. The van der Waals surface area contributed by atoms with Gasteiger partial charge in [-0.3, -0.25) is 43.2 Å². The Labute approximate surface area is 840 Å². The number of allylic oxidation sites excluding steroid dienone is 6. The molecule has 1 saturated carbocycles. The Kier molecular flexibility index (Phi) is 47.8. The third kappa shape index (κ3) is 35.9. The molecule has 1 aromatic heterocycles. The maximum absolute atomic E-state index is 14.3. The first kappa shape index (κ1) is 117. The highest BCUT2D eigenvalue weighted by Gasteiger charge is 2.54. The first-order valence-electron chi connectivity index (χ1n) is 51.3. The molecule has 784 valence electrons. The predicted octanol–water partition coefficient (Wildman–Crippen LogP) is 14.2. The number of aromatic nitrogens is 2. The number of ether oxygens (including phenoxy) is 9. The van der Waals surface area contributed by atoms with E-state index >= 15 is 0 Å². The smallest absolute Gasteiger partial charge is 0.329 e. The van der Waals surface area contributed by atoms with Crippen molar-refractivity contribution in [1.82, 2.24) is 30.4 Å². The van der Waals surface area contributed by atoms with E-state index in [0.717, 1.165) is 63.8 Å². The number of rotatable bonds is 38. The van der Waals surface area contributed by atoms with Gasteiger partial charge in [0.1, 0.15) is 47.5 Å². The Morgan fingerprint density at radius 2 is 1.40 bits per heavy atom. The molecule has 0 spiro atoms. The number of cyclic esters (lactones) is 1. The van der Waals surface area contributed by atoms with Crippen LogP contribution in [0.3, 0.4) is 0 Å². The van der Waals surface area contributed by atoms with E-state index in [1.165, 1.54) is 22.5 Å². The van der Waals surface area contributed by atoms with Gasteiger partial charge in [-0.25, -0.2) is 14.6 Å². The standard InChI is InChI=1S/C60H83N7O12.C51H79NO11/c1-8-60(5,6)55(71)57(72)67-25-10-9-16-49(67)58(73)79-50(21-19-43-18-17-40(2)41(3)32-43)46-15-11-14-44(34-46)36-48(68)20-22-52(69)63-23-12-26-75-28-30-77-31-29-76-27-13-24-64-53(70)39-78-54-42(4)33-45(37-51(54)74-7)35-47-38-65-59(62)66-56(47)61;1-30-16-12-11-13-17-31(2)44(61-10)28-40-21-19-37(8)51(60,63-40)48(57)49(58)52-23-15-14-18-41(52)50(59)62-45(34(5)27-39-20-22-42(53)33(4)26-39)29-43(54)32(3)25-36(7)47(56)38(9)46(55)35(6)24-30/h11,14-15,17-18,32-34,37-38,49-50H,8-10,12-13,16,19-31,35-36,39H2,1-7H3,(H,63,69)(H,64,70)(H4,61,62,65,66);11-13,16-17,25,30,32-35,37-42,44-45,47,53,56,60H,14-15,18-24,26-29H2,1-10H3/b;13-11?,16-12+,31-17?,36-25+/t49?,50-;30-,32-,33-,34-,35-,37-,38+,39-,40+,41+,42-,44+,45+,47-,51-/m11/s1. The van der Waals surface area contributed by atoms with Gasteiger partial charge in [-0.2, -0.15) is 4.98 Å². The summed E-state index contributed by atoms with van der Waals surface area (Å²) in [7, 11) is 3.12. The third-order valence-corrected chi connectivity index (χ3v) is 28.8. The van der Waals surface area contributed by atoms with Crippen LogP contribution in [0, 0.1) is 73.5 Å². The van der Waals surface area contributed by atoms with Crippen molar-refractivity contribution in [1.29, 1.82) is 0 Å². The number of carbonyl (C=O) groups is 11. The van der Waals surface area contributed by atoms with Gasteiger partial charge in [0.05, 0.1) is 58.0 Å². The van der Waals surface area contributed by atoms with Crippen LogP contribution in [-0.4, -0.2) is 235 Å². The number of aliphatic hydroxyl groups is 3. The molecule has 1 aliphatic carbocycles. The number of piperidine rings is 2. The Morgan fingerprint density at radius 1 is 0.718 bits per heavy atom. The number of likely N-dealkylation sites (tertiary alicyclic amines) is 1. The number of benzene rings is 3. The van der Waals surface area contributed by atoms with Crippen molar-refractivity contribution >= 4 is 76.2 Å². The van der Waals surface area contributed by atoms with Crippen LogP contribution in [0.1, 0.15) is 269 Å². The van der Waals surface area contributed by atoms with Gasteiger partial charge < -0.3 is 89.9 Å². The quantitative estimate of drug-likeness (QED) is 0.00948. The summed E-state index contributed by atoms with van der Waals surface area (Å²) in [6, 6.07) is 15.5. The molecule has 9 rings (SSSR count). The van der Waals surface area contributed by atoms with Gasteiger partial charge in [-0.05, 0) is 230 Å². The summed E-state index contributed by atoms with van der Waals surface area (Å²) < 4.78 is 52.7. The number of aryl methyl sites for hydroxylation is 4. The number of hydrogen-bond acceptors (Lipinski definition) is 27. The highest BCUT2D eigenvalue weighted by atomic mass is 16.6. The monoisotopic (exact) mass is 1980 g/mol. The zero-order chi connectivity index (χ0) is 104. The first-order chi connectivity index (χ1) is 67.6. The van der Waals surface area contributed by atoms with Crippen molar-refractivity contribution in [3.8, 4) is 11.5 Å². The second-order valence-electron chi connectivity index (χ2n) is 40.6. The number of methoxy groups -OCH3 is 2. The number of hydrogen-bond donors (Lipinski definition) is 7. The minimum Gasteiger partial charge on any atom is -0.493 e. The molecule has 3 aromatic carbocycles. The van der Waals surface area contributed by atoms with E-state index < -0.39 is 107 Å². The fourth-order valence-corrected chi connectivity index (χ4v) is 19.1. The van der Waals surface area contributed by atoms with Crippen molar-refractivity contribution in [3.63, 3.8) is 0 Å². The van der Waals surface area contributed by atoms with Crippen molar-refractivity contribution in [3.05, 3.63) is 153 Å². The van der Waals surface area contributed by atoms with Gasteiger partial charge in [-0.15, -0.1) is 0 Å². The van der Waals surface area contributed by atoms with E-state index in [9.17, 15) is 68.1 Å². The van der Waals surface area contributed by atoms with Crippen molar-refractivity contribution < 1.29 is 111 Å². The average molecular weight is 1980 g/mol. The predicted molar refractivity (Wildman–Crippen MR) is 542 cm³/mol. The van der Waals surface area contributed by atoms with Gasteiger partial charge in [-0.1, -0.05) is 154 Å². The van der Waals surface area contributed by atoms with Crippen molar-refractivity contribution in [2.24, 2.45) is 52.8 Å². The van der Waals surface area contributed by atoms with E-state index in [2.05, 4.69) is 52.6 Å². The molecule has 4 aromatic rings. The lowest BCUT2D eigenvalue weighted by Gasteiger charge is -2.42. The Balaban J connectivity index is 0.000000356. The molecule has 4 fully saturated rings. The highest BCUT2D eigenvalue weighted by Crippen LogP contribution is 2.41. The number of nitrogens with zero attached hydrogens (tertiary/aromatic N) is 4. The van der Waals surface area contributed by atoms with Crippen LogP contribution < -0.4 is 31.6 Å². The molecule has 3 saturated heterocycles. The van der Waals surface area contributed by atoms with Crippen LogP contribution in [0.25, 0.3) is 0 Å². The van der Waals surface area contributed by atoms with Crippen LogP contribution in [0.2, 0.25) is 0 Å². The Bertz CT molecular complexity index is 4990. The van der Waals surface area contributed by atoms with Crippen LogP contribution >= 0.6 is 0 Å². The lowest BCUT2D eigenvalue weighted by atomic mass is 9.75. The van der Waals surface area contributed by atoms with E-state index in [0.29, 0.717) is 185 Å². The zero-order valence-electron chi connectivity index (χ0n) is 87.2. The topological polar surface area (TPSA) is 440 Å². The minimum absolute atomic E-state index is 0.0531. The number of fused-ring (bicyclic) bond motifs is 3. The molecule has 1 unspecified atom stereocenters. The molecule has 2 bridgehead atoms. The number of carbonyl (C=O) groups excluding carboxylic acids is 11. The van der Waals surface area contributed by atoms with Crippen molar-refractivity contribution in [2.75, 3.05) is 98.1 Å². The molecular formula is C111H162N8O23. The van der Waals surface area contributed by atoms with Crippen molar-refractivity contribution in [2.45, 2.75) is 312 Å². The number of nitrogens with one attached hydrogen (secondary N) is 2. The van der Waals surface area contributed by atoms with E-state index in [1.54, 1.807) is 60.9 Å². The summed E-state index contributed by atoms with van der Waals surface area (Å²) in [5.74, 6) is -8.60. The summed E-state index contributed by atoms with van der Waals surface area (Å²) in [5.41, 5.74) is 19.5. The molecule has 0 radical (unpaired) electrons. The fraction of sp³-hybridized carbons (Fsp3) is 0.631. The summed E-state index contributed by atoms with van der Waals surface area (Å²) in [4.78, 5) is 160. The van der Waals surface area contributed by atoms with Crippen LogP contribution in [0.15, 0.2) is 108 Å². The summed E-state index contributed by atoms with van der Waals surface area (Å²) in [5, 5.41) is 39.4. The second-order valence-corrected chi connectivity index (χ2v) is 40.6. The van der Waals surface area contributed by atoms with Gasteiger partial charge in [0.2, 0.25) is 23.4 Å². The van der Waals surface area contributed by atoms with Gasteiger partial charge in [0, 0.05) is 126 Å². The molecule has 5 heterocycles. The second kappa shape index (κ2) is 58.0. The molecule has 9 N–H and O–H groups in total. The average Bonchev–Trinajstić information content (AvgIpc) is 0.767. The number of nitrogen functional groups attached to an aromatic ring is 2. The van der Waals surface area contributed by atoms with E-state index in [-0.39, 0.29) is 116 Å². The number of nitrogens with two attached hydrogens (primary N) is 2. The largest absolute Gasteiger partial charge is 0.493 e. The maximum atomic E-state index is 14.3. The third-order valence-electron chi connectivity index (χ3n) is 28.8. The molecular weight excluding hydrogens is 1810 g/mol.